The molecule has 0 radical (unpaired) electrons. The highest BCUT2D eigenvalue weighted by molar-refractivity contribution is 9.10. The van der Waals surface area contributed by atoms with Gasteiger partial charge in [0.2, 0.25) is 0 Å². The first-order chi connectivity index (χ1) is 12.9. The van der Waals surface area contributed by atoms with Gasteiger partial charge < -0.3 is 4.90 Å². The summed E-state index contributed by atoms with van der Waals surface area (Å²) in [5, 5.41) is 10.9. The summed E-state index contributed by atoms with van der Waals surface area (Å²) in [5.74, 6) is -0.630. The molecule has 7 nitrogen and oxygen atoms in total. The van der Waals surface area contributed by atoms with E-state index in [9.17, 15) is 13.2 Å². The van der Waals surface area contributed by atoms with E-state index in [1.807, 2.05) is 17.0 Å². The number of anilines is 1. The quantitative estimate of drug-likeness (QED) is 0.582. The molecule has 0 spiro atoms. The third-order valence-corrected chi connectivity index (χ3v) is 5.14. The molecule has 3 aromatic rings. The van der Waals surface area contributed by atoms with Gasteiger partial charge in [0.15, 0.2) is 5.65 Å². The first-order valence-corrected chi connectivity index (χ1v) is 9.07. The highest BCUT2D eigenvalue weighted by atomic mass is 79.9. The second-order valence-corrected chi connectivity index (χ2v) is 6.95. The largest absolute Gasteiger partial charge is 0.453 e. The highest BCUT2D eigenvalue weighted by Crippen LogP contribution is 2.28. The van der Waals surface area contributed by atoms with Crippen molar-refractivity contribution >= 4 is 27.4 Å². The van der Waals surface area contributed by atoms with Crippen molar-refractivity contribution in [3.63, 3.8) is 0 Å². The zero-order valence-electron chi connectivity index (χ0n) is 14.1. The molecule has 4 rings (SSSR count). The molecule has 0 aromatic carbocycles. The van der Waals surface area contributed by atoms with Gasteiger partial charge in [-0.2, -0.15) is 17.7 Å². The fraction of sp³-hybridized carbons (Fsp3) is 0.375. The average molecular weight is 442 g/mol. The predicted octanol–water partition coefficient (Wildman–Crippen LogP) is 2.62. The zero-order valence-corrected chi connectivity index (χ0v) is 15.7. The summed E-state index contributed by atoms with van der Waals surface area (Å²) in [4.78, 5) is 8.46. The van der Waals surface area contributed by atoms with E-state index < -0.39 is 12.0 Å². The molecular formula is C16H15BrF3N7. The number of halogens is 4. The van der Waals surface area contributed by atoms with E-state index in [4.69, 9.17) is 0 Å². The highest BCUT2D eigenvalue weighted by Gasteiger charge is 2.37. The van der Waals surface area contributed by atoms with Crippen molar-refractivity contribution < 1.29 is 13.2 Å². The third kappa shape index (κ3) is 3.74. The molecule has 11 heteroatoms. The second-order valence-electron chi connectivity index (χ2n) is 6.20. The monoisotopic (exact) mass is 441 g/mol. The standard InChI is InChI=1S/C16H15BrF3N7/c17-14-11(2-1-5-21-14)10-25-6-8-26(9-7-25)13-4-3-12-22-23-15(16(18,19)20)27(12)24-13/h1-5H,6-10H2. The summed E-state index contributed by atoms with van der Waals surface area (Å²) >= 11 is 3.45. The molecule has 0 aliphatic carbocycles. The number of pyridine rings is 1. The molecule has 0 N–H and O–H groups in total. The maximum absolute atomic E-state index is 13.0. The fourth-order valence-corrected chi connectivity index (χ4v) is 3.41. The fourth-order valence-electron chi connectivity index (χ4n) is 3.04. The van der Waals surface area contributed by atoms with Gasteiger partial charge in [-0.3, -0.25) is 4.90 Å². The number of rotatable bonds is 3. The molecule has 3 aromatic heterocycles. The molecule has 1 aliphatic rings. The van der Waals surface area contributed by atoms with E-state index in [1.165, 1.54) is 6.07 Å². The van der Waals surface area contributed by atoms with Crippen LogP contribution < -0.4 is 4.90 Å². The van der Waals surface area contributed by atoms with Gasteiger partial charge in [-0.15, -0.1) is 15.3 Å². The average Bonchev–Trinajstić information content (AvgIpc) is 3.08. The number of alkyl halides is 3. The number of fused-ring (bicyclic) bond motifs is 1. The number of hydrogen-bond acceptors (Lipinski definition) is 6. The van der Waals surface area contributed by atoms with Gasteiger partial charge in [-0.25, -0.2) is 4.98 Å². The molecule has 0 bridgehead atoms. The molecular weight excluding hydrogens is 427 g/mol. The van der Waals surface area contributed by atoms with Crippen LogP contribution in [0.4, 0.5) is 19.0 Å². The smallest absolute Gasteiger partial charge is 0.353 e. The summed E-state index contributed by atoms with van der Waals surface area (Å²) in [6, 6.07) is 7.09. The van der Waals surface area contributed by atoms with Crippen molar-refractivity contribution in [2.45, 2.75) is 12.7 Å². The summed E-state index contributed by atoms with van der Waals surface area (Å²) in [5.41, 5.74) is 1.18. The van der Waals surface area contributed by atoms with Gasteiger partial charge in [0.05, 0.1) is 0 Å². The van der Waals surface area contributed by atoms with E-state index >= 15 is 0 Å². The first kappa shape index (κ1) is 18.1. The topological polar surface area (TPSA) is 62.5 Å². The van der Waals surface area contributed by atoms with Crippen molar-refractivity contribution in [1.29, 1.82) is 0 Å². The Hall–Kier alpha value is -2.27. The van der Waals surface area contributed by atoms with Crippen molar-refractivity contribution in [1.82, 2.24) is 29.7 Å². The molecule has 0 unspecified atom stereocenters. The van der Waals surface area contributed by atoms with Crippen LogP contribution in [0.2, 0.25) is 0 Å². The minimum Gasteiger partial charge on any atom is -0.353 e. The van der Waals surface area contributed by atoms with Crippen LogP contribution in [0.15, 0.2) is 35.1 Å². The van der Waals surface area contributed by atoms with Crippen molar-refractivity contribution in [3.05, 3.63) is 46.5 Å². The number of piperazine rings is 1. The molecule has 27 heavy (non-hydrogen) atoms. The van der Waals surface area contributed by atoms with E-state index in [-0.39, 0.29) is 5.65 Å². The molecule has 0 saturated carbocycles. The van der Waals surface area contributed by atoms with E-state index in [1.54, 1.807) is 12.3 Å². The van der Waals surface area contributed by atoms with Crippen LogP contribution >= 0.6 is 15.9 Å². The number of aromatic nitrogens is 5. The lowest BCUT2D eigenvalue weighted by atomic mass is 10.2. The maximum atomic E-state index is 13.0. The summed E-state index contributed by atoms with van der Waals surface area (Å²) in [6.07, 6.45) is -2.87. The Labute approximate surface area is 160 Å². The zero-order chi connectivity index (χ0) is 19.0. The second kappa shape index (κ2) is 7.04. The van der Waals surface area contributed by atoms with Crippen molar-refractivity contribution in [2.24, 2.45) is 0 Å². The molecule has 0 amide bonds. The van der Waals surface area contributed by atoms with Gasteiger partial charge in [-0.05, 0) is 39.7 Å². The van der Waals surface area contributed by atoms with E-state index in [2.05, 4.69) is 41.1 Å². The van der Waals surface area contributed by atoms with Crippen LogP contribution in [-0.4, -0.2) is 55.9 Å². The van der Waals surface area contributed by atoms with Crippen LogP contribution in [0.3, 0.4) is 0 Å². The van der Waals surface area contributed by atoms with Crippen LogP contribution in [0.1, 0.15) is 11.4 Å². The predicted molar refractivity (Wildman–Crippen MR) is 95.2 cm³/mol. The lowest BCUT2D eigenvalue weighted by Gasteiger charge is -2.35. The van der Waals surface area contributed by atoms with Gasteiger partial charge in [0, 0.05) is 38.9 Å². The Kier molecular flexibility index (Phi) is 4.72. The number of hydrogen-bond donors (Lipinski definition) is 0. The van der Waals surface area contributed by atoms with E-state index in [0.717, 1.165) is 34.3 Å². The molecule has 0 atom stereocenters. The van der Waals surface area contributed by atoms with Gasteiger partial charge in [0.25, 0.3) is 5.82 Å². The Morgan fingerprint density at radius 1 is 1.04 bits per heavy atom. The Balaban J connectivity index is 1.47. The molecule has 1 aliphatic heterocycles. The van der Waals surface area contributed by atoms with Gasteiger partial charge >= 0.3 is 6.18 Å². The Morgan fingerprint density at radius 2 is 1.81 bits per heavy atom. The Morgan fingerprint density at radius 3 is 2.52 bits per heavy atom. The summed E-state index contributed by atoms with van der Waals surface area (Å²) in [7, 11) is 0. The first-order valence-electron chi connectivity index (χ1n) is 8.28. The maximum Gasteiger partial charge on any atom is 0.453 e. The molecule has 1 saturated heterocycles. The normalized spacial score (nSPS) is 16.2. The van der Waals surface area contributed by atoms with Crippen molar-refractivity contribution in [3.8, 4) is 0 Å². The lowest BCUT2D eigenvalue weighted by molar-refractivity contribution is -0.146. The summed E-state index contributed by atoms with van der Waals surface area (Å²) < 4.78 is 40.7. The van der Waals surface area contributed by atoms with Crippen LogP contribution in [-0.2, 0) is 12.7 Å². The third-order valence-electron chi connectivity index (χ3n) is 4.43. The van der Waals surface area contributed by atoms with Gasteiger partial charge in [-0.1, -0.05) is 6.07 Å². The van der Waals surface area contributed by atoms with Crippen LogP contribution in [0.5, 0.6) is 0 Å². The Bertz CT molecular complexity index is 951. The number of nitrogens with zero attached hydrogens (tertiary/aromatic N) is 7. The van der Waals surface area contributed by atoms with Crippen molar-refractivity contribution in [2.75, 3.05) is 31.1 Å². The molecule has 1 fully saturated rings. The molecule has 4 heterocycles. The SMILES string of the molecule is FC(F)(F)c1nnc2ccc(N3CCN(Cc4cccnc4Br)CC3)nn12. The minimum atomic E-state index is -4.60. The minimum absolute atomic E-state index is 0.0751. The van der Waals surface area contributed by atoms with E-state index in [0.29, 0.717) is 18.9 Å². The van der Waals surface area contributed by atoms with Crippen LogP contribution in [0.25, 0.3) is 5.65 Å². The summed E-state index contributed by atoms with van der Waals surface area (Å²) in [6.45, 7) is 3.64. The van der Waals surface area contributed by atoms with Gasteiger partial charge in [0.1, 0.15) is 10.4 Å². The van der Waals surface area contributed by atoms with Crippen LogP contribution in [0, 0.1) is 0 Å². The molecule has 142 valence electrons. The lowest BCUT2D eigenvalue weighted by Crippen LogP contribution is -2.46.